The van der Waals surface area contributed by atoms with Crippen LogP contribution in [0.1, 0.15) is 21.8 Å². The summed E-state index contributed by atoms with van der Waals surface area (Å²) in [5.74, 6) is -0.706. The molecule has 0 aliphatic rings. The second-order valence-electron chi connectivity index (χ2n) is 5.76. The molecule has 1 aromatic heterocycles. The molecular formula is C18H16FN3O5S. The van der Waals surface area contributed by atoms with Gasteiger partial charge in [-0.2, -0.15) is 0 Å². The molecule has 0 aliphatic carbocycles. The van der Waals surface area contributed by atoms with Gasteiger partial charge in [0.2, 0.25) is 15.7 Å². The average Bonchev–Trinajstić information content (AvgIpc) is 3.18. The van der Waals surface area contributed by atoms with Crippen molar-refractivity contribution in [3.63, 3.8) is 0 Å². The number of benzene rings is 2. The van der Waals surface area contributed by atoms with Gasteiger partial charge in [0.15, 0.2) is 0 Å². The van der Waals surface area contributed by atoms with Crippen LogP contribution >= 0.6 is 0 Å². The number of nitrogens with zero attached hydrogens (tertiary/aromatic N) is 2. The molecule has 0 saturated heterocycles. The second kappa shape index (κ2) is 8.17. The van der Waals surface area contributed by atoms with Crippen molar-refractivity contribution in [3.8, 4) is 5.75 Å². The number of sulfone groups is 1. The third-order valence-electron chi connectivity index (χ3n) is 3.74. The van der Waals surface area contributed by atoms with E-state index >= 15 is 0 Å². The lowest BCUT2D eigenvalue weighted by atomic mass is 10.2. The molecule has 146 valence electrons. The molecule has 0 radical (unpaired) electrons. The Bertz CT molecular complexity index is 1060. The van der Waals surface area contributed by atoms with Crippen molar-refractivity contribution in [2.24, 2.45) is 0 Å². The number of rotatable bonds is 7. The maximum absolute atomic E-state index is 12.9. The minimum atomic E-state index is -3.89. The van der Waals surface area contributed by atoms with Crippen LogP contribution < -0.4 is 10.1 Å². The van der Waals surface area contributed by atoms with Gasteiger partial charge in [0.25, 0.3) is 5.91 Å². The zero-order valence-electron chi connectivity index (χ0n) is 14.8. The average molecular weight is 405 g/mol. The predicted molar refractivity (Wildman–Crippen MR) is 95.8 cm³/mol. The molecule has 0 aliphatic heterocycles. The van der Waals surface area contributed by atoms with Crippen molar-refractivity contribution < 1.29 is 26.8 Å². The van der Waals surface area contributed by atoms with Gasteiger partial charge in [-0.25, -0.2) is 12.8 Å². The first-order valence-electron chi connectivity index (χ1n) is 8.09. The lowest BCUT2D eigenvalue weighted by Gasteiger charge is -2.04. The monoisotopic (exact) mass is 405 g/mol. The third-order valence-corrected chi connectivity index (χ3v) is 5.15. The topological polar surface area (TPSA) is 111 Å². The highest BCUT2D eigenvalue weighted by Crippen LogP contribution is 2.16. The van der Waals surface area contributed by atoms with E-state index in [0.717, 1.165) is 0 Å². The van der Waals surface area contributed by atoms with Crippen LogP contribution in [0.15, 0.2) is 58.2 Å². The Morgan fingerprint density at radius 3 is 2.43 bits per heavy atom. The molecule has 3 aromatic rings. The molecule has 0 saturated carbocycles. The van der Waals surface area contributed by atoms with E-state index in [0.29, 0.717) is 16.9 Å². The van der Waals surface area contributed by atoms with Crippen molar-refractivity contribution in [1.82, 2.24) is 15.5 Å². The summed E-state index contributed by atoms with van der Waals surface area (Å²) < 4.78 is 47.8. The zero-order valence-corrected chi connectivity index (χ0v) is 15.6. The SMILES string of the molecule is COc1ccc(C(=O)NCc2nnc(S(=O)(=O)Cc3ccc(F)cc3)o2)cc1. The summed E-state index contributed by atoms with van der Waals surface area (Å²) in [7, 11) is -2.37. The van der Waals surface area contributed by atoms with E-state index in [1.807, 2.05) is 0 Å². The molecule has 0 fully saturated rings. The quantitative estimate of drug-likeness (QED) is 0.641. The summed E-state index contributed by atoms with van der Waals surface area (Å²) in [6, 6.07) is 11.5. The van der Waals surface area contributed by atoms with Crippen molar-refractivity contribution in [1.29, 1.82) is 0 Å². The first-order chi connectivity index (χ1) is 13.4. The summed E-state index contributed by atoms with van der Waals surface area (Å²) in [4.78, 5) is 12.1. The Kier molecular flexibility index (Phi) is 5.69. The summed E-state index contributed by atoms with van der Waals surface area (Å²) in [5.41, 5.74) is 0.776. The van der Waals surface area contributed by atoms with E-state index < -0.39 is 32.5 Å². The molecule has 8 nitrogen and oxygen atoms in total. The maximum atomic E-state index is 12.9. The van der Waals surface area contributed by atoms with E-state index in [1.54, 1.807) is 24.3 Å². The van der Waals surface area contributed by atoms with Crippen LogP contribution in [-0.2, 0) is 22.1 Å². The number of hydrogen-bond donors (Lipinski definition) is 1. The molecule has 0 bridgehead atoms. The third kappa shape index (κ3) is 4.71. The molecule has 3 rings (SSSR count). The zero-order chi connectivity index (χ0) is 20.1. The Hall–Kier alpha value is -3.27. The van der Waals surface area contributed by atoms with Crippen LogP contribution in [0.3, 0.4) is 0 Å². The van der Waals surface area contributed by atoms with Gasteiger partial charge in [0.1, 0.15) is 11.6 Å². The Morgan fingerprint density at radius 1 is 1.11 bits per heavy atom. The molecule has 0 unspecified atom stereocenters. The first-order valence-corrected chi connectivity index (χ1v) is 9.74. The number of ether oxygens (including phenoxy) is 1. The van der Waals surface area contributed by atoms with Gasteiger partial charge in [-0.1, -0.05) is 17.2 Å². The predicted octanol–water partition coefficient (Wildman–Crippen LogP) is 2.12. The van der Waals surface area contributed by atoms with Crippen LogP contribution in [-0.4, -0.2) is 31.6 Å². The lowest BCUT2D eigenvalue weighted by molar-refractivity contribution is 0.0946. The highest BCUT2D eigenvalue weighted by molar-refractivity contribution is 7.90. The summed E-state index contributed by atoms with van der Waals surface area (Å²) in [5, 5.41) is 9.17. The Labute approximate surface area is 160 Å². The molecule has 1 heterocycles. The first kappa shape index (κ1) is 19.5. The number of carbonyl (C=O) groups is 1. The highest BCUT2D eigenvalue weighted by Gasteiger charge is 2.23. The van der Waals surface area contributed by atoms with Crippen LogP contribution in [0.2, 0.25) is 0 Å². The lowest BCUT2D eigenvalue weighted by Crippen LogP contribution is -2.22. The molecule has 0 atom stereocenters. The second-order valence-corrected chi connectivity index (χ2v) is 7.63. The normalized spacial score (nSPS) is 11.2. The molecule has 2 aromatic carbocycles. The largest absolute Gasteiger partial charge is 0.497 e. The Balaban J connectivity index is 1.62. The molecule has 10 heteroatoms. The number of carbonyl (C=O) groups excluding carboxylic acids is 1. The summed E-state index contributed by atoms with van der Waals surface area (Å²) in [6.07, 6.45) is 0. The number of halogens is 1. The molecular weight excluding hydrogens is 389 g/mol. The molecule has 28 heavy (non-hydrogen) atoms. The summed E-state index contributed by atoms with van der Waals surface area (Å²) in [6.45, 7) is -0.135. The van der Waals surface area contributed by atoms with Crippen LogP contribution in [0, 0.1) is 5.82 Å². The Morgan fingerprint density at radius 2 is 1.79 bits per heavy atom. The fourth-order valence-corrected chi connectivity index (χ4v) is 3.44. The molecule has 0 spiro atoms. The van der Waals surface area contributed by atoms with Gasteiger partial charge < -0.3 is 14.5 Å². The number of nitrogens with one attached hydrogen (secondary N) is 1. The van der Waals surface area contributed by atoms with Crippen molar-refractivity contribution in [3.05, 3.63) is 71.4 Å². The number of hydrogen-bond acceptors (Lipinski definition) is 7. The van der Waals surface area contributed by atoms with E-state index in [1.165, 1.54) is 31.4 Å². The fraction of sp³-hybridized carbons (Fsp3) is 0.167. The van der Waals surface area contributed by atoms with E-state index in [-0.39, 0.29) is 12.4 Å². The van der Waals surface area contributed by atoms with Gasteiger partial charge in [-0.3, -0.25) is 4.79 Å². The van der Waals surface area contributed by atoms with Gasteiger partial charge >= 0.3 is 5.22 Å². The van der Waals surface area contributed by atoms with Crippen LogP contribution in [0.5, 0.6) is 5.75 Å². The highest BCUT2D eigenvalue weighted by atomic mass is 32.2. The van der Waals surface area contributed by atoms with Gasteiger partial charge in [-0.15, -0.1) is 5.10 Å². The van der Waals surface area contributed by atoms with Crippen LogP contribution in [0.4, 0.5) is 4.39 Å². The number of methoxy groups -OCH3 is 1. The molecule has 1 N–H and O–H groups in total. The van der Waals surface area contributed by atoms with Crippen molar-refractivity contribution in [2.45, 2.75) is 17.5 Å². The maximum Gasteiger partial charge on any atom is 0.335 e. The van der Waals surface area contributed by atoms with Gasteiger partial charge in [-0.05, 0) is 42.0 Å². The molecule has 1 amide bonds. The van der Waals surface area contributed by atoms with Gasteiger partial charge in [0, 0.05) is 5.56 Å². The van der Waals surface area contributed by atoms with E-state index in [2.05, 4.69) is 15.5 Å². The smallest absolute Gasteiger partial charge is 0.335 e. The number of aromatic nitrogens is 2. The minimum absolute atomic E-state index is 0.0560. The van der Waals surface area contributed by atoms with Crippen LogP contribution in [0.25, 0.3) is 0 Å². The van der Waals surface area contributed by atoms with E-state index in [4.69, 9.17) is 9.15 Å². The van der Waals surface area contributed by atoms with Gasteiger partial charge in [0.05, 0.1) is 19.4 Å². The van der Waals surface area contributed by atoms with Crippen molar-refractivity contribution >= 4 is 15.7 Å². The minimum Gasteiger partial charge on any atom is -0.497 e. The fourth-order valence-electron chi connectivity index (χ4n) is 2.30. The van der Waals surface area contributed by atoms with Crippen molar-refractivity contribution in [2.75, 3.05) is 7.11 Å². The van der Waals surface area contributed by atoms with E-state index in [9.17, 15) is 17.6 Å². The standard InChI is InChI=1S/C18H16FN3O5S/c1-26-15-8-4-13(5-9-15)17(23)20-10-16-21-22-18(27-16)28(24,25)11-12-2-6-14(19)7-3-12/h2-9H,10-11H2,1H3,(H,20,23). The number of amides is 1. The summed E-state index contributed by atoms with van der Waals surface area (Å²) >= 11 is 0.